The molecule has 0 saturated carbocycles. The molecule has 0 fully saturated rings. The summed E-state index contributed by atoms with van der Waals surface area (Å²) in [5.41, 5.74) is -0.367. The SMILES string of the molecule is CN(C)C(C)(C#N)Cc1c(F)cccc1Cl. The van der Waals surface area contributed by atoms with Crippen LogP contribution in [0.2, 0.25) is 5.02 Å². The molecule has 4 heteroatoms. The van der Waals surface area contributed by atoms with Gasteiger partial charge in [0.2, 0.25) is 0 Å². The standard InChI is InChI=1S/C12H14ClFN2/c1-12(8-15,16(2)3)7-9-10(13)5-4-6-11(9)14/h4-6H,7H2,1-3H3. The third-order valence-electron chi connectivity index (χ3n) is 2.81. The van der Waals surface area contributed by atoms with E-state index in [0.717, 1.165) is 0 Å². The van der Waals surface area contributed by atoms with E-state index in [0.29, 0.717) is 10.6 Å². The van der Waals surface area contributed by atoms with E-state index in [-0.39, 0.29) is 12.2 Å². The summed E-state index contributed by atoms with van der Waals surface area (Å²) < 4.78 is 13.6. The van der Waals surface area contributed by atoms with Crippen LogP contribution in [0, 0.1) is 17.1 Å². The molecule has 2 nitrogen and oxygen atoms in total. The molecule has 0 aliphatic heterocycles. The Hall–Kier alpha value is -1.11. The summed E-state index contributed by atoms with van der Waals surface area (Å²) in [5.74, 6) is -0.365. The number of likely N-dealkylation sites (N-methyl/N-ethyl adjacent to an activating group) is 1. The second-order valence-corrected chi connectivity index (χ2v) is 4.56. The fraction of sp³-hybridized carbons (Fsp3) is 0.417. The van der Waals surface area contributed by atoms with Gasteiger partial charge in [0.1, 0.15) is 11.4 Å². The molecular formula is C12H14ClFN2. The van der Waals surface area contributed by atoms with E-state index in [9.17, 15) is 4.39 Å². The summed E-state index contributed by atoms with van der Waals surface area (Å²) in [6, 6.07) is 6.73. The van der Waals surface area contributed by atoms with Gasteiger partial charge in [0.05, 0.1) is 6.07 Å². The van der Waals surface area contributed by atoms with Crippen LogP contribution in [0.1, 0.15) is 12.5 Å². The number of hydrogen-bond donors (Lipinski definition) is 0. The van der Waals surface area contributed by atoms with Crippen LogP contribution in [-0.2, 0) is 6.42 Å². The lowest BCUT2D eigenvalue weighted by atomic mass is 9.93. The van der Waals surface area contributed by atoms with Crippen LogP contribution >= 0.6 is 11.6 Å². The number of benzene rings is 1. The normalized spacial score (nSPS) is 14.6. The molecule has 86 valence electrons. The smallest absolute Gasteiger partial charge is 0.127 e. The molecule has 0 saturated heterocycles. The van der Waals surface area contributed by atoms with Crippen LogP contribution in [0.5, 0.6) is 0 Å². The molecule has 1 atom stereocenters. The highest BCUT2D eigenvalue weighted by atomic mass is 35.5. The van der Waals surface area contributed by atoms with Crippen molar-refractivity contribution in [2.45, 2.75) is 18.9 Å². The zero-order valence-electron chi connectivity index (χ0n) is 9.59. The fourth-order valence-corrected chi connectivity index (χ4v) is 1.57. The summed E-state index contributed by atoms with van der Waals surface area (Å²) in [6.45, 7) is 1.76. The van der Waals surface area contributed by atoms with E-state index in [1.165, 1.54) is 6.07 Å². The molecular weight excluding hydrogens is 227 g/mol. The Kier molecular flexibility index (Phi) is 3.90. The monoisotopic (exact) mass is 240 g/mol. The van der Waals surface area contributed by atoms with Crippen molar-refractivity contribution in [1.82, 2.24) is 4.90 Å². The maximum Gasteiger partial charge on any atom is 0.127 e. The molecule has 1 aromatic carbocycles. The fourth-order valence-electron chi connectivity index (χ4n) is 1.34. The molecule has 0 aromatic heterocycles. The maximum absolute atomic E-state index is 13.6. The first-order chi connectivity index (χ1) is 7.40. The molecule has 0 aliphatic rings. The van der Waals surface area contributed by atoms with Gasteiger partial charge in [0, 0.05) is 17.0 Å². The Morgan fingerprint density at radius 2 is 2.12 bits per heavy atom. The second-order valence-electron chi connectivity index (χ2n) is 4.16. The van der Waals surface area contributed by atoms with Gasteiger partial charge in [-0.05, 0) is 33.2 Å². The molecule has 0 spiro atoms. The lowest BCUT2D eigenvalue weighted by molar-refractivity contribution is 0.235. The summed E-state index contributed by atoms with van der Waals surface area (Å²) in [4.78, 5) is 1.76. The van der Waals surface area contributed by atoms with E-state index < -0.39 is 5.54 Å². The van der Waals surface area contributed by atoms with Gasteiger partial charge in [-0.25, -0.2) is 4.39 Å². The van der Waals surface area contributed by atoms with Gasteiger partial charge in [-0.2, -0.15) is 5.26 Å². The van der Waals surface area contributed by atoms with Gasteiger partial charge in [0.25, 0.3) is 0 Å². The van der Waals surface area contributed by atoms with E-state index in [2.05, 4.69) is 6.07 Å². The van der Waals surface area contributed by atoms with Gasteiger partial charge in [-0.15, -0.1) is 0 Å². The van der Waals surface area contributed by atoms with Crippen LogP contribution in [0.3, 0.4) is 0 Å². The number of rotatable bonds is 3. The van der Waals surface area contributed by atoms with E-state index in [1.54, 1.807) is 38.1 Å². The van der Waals surface area contributed by atoms with Gasteiger partial charge in [-0.1, -0.05) is 17.7 Å². The minimum atomic E-state index is -0.758. The van der Waals surface area contributed by atoms with Crippen LogP contribution < -0.4 is 0 Å². The van der Waals surface area contributed by atoms with Crippen LogP contribution in [0.25, 0.3) is 0 Å². The summed E-state index contributed by atoms with van der Waals surface area (Å²) >= 11 is 5.93. The molecule has 16 heavy (non-hydrogen) atoms. The first-order valence-corrected chi connectivity index (χ1v) is 5.30. The number of nitriles is 1. The molecule has 1 unspecified atom stereocenters. The molecule has 0 amide bonds. The van der Waals surface area contributed by atoms with Crippen molar-refractivity contribution in [1.29, 1.82) is 5.26 Å². The third-order valence-corrected chi connectivity index (χ3v) is 3.16. The summed E-state index contributed by atoms with van der Waals surface area (Å²) in [6.07, 6.45) is 0.266. The summed E-state index contributed by atoms with van der Waals surface area (Å²) in [5, 5.41) is 9.51. The van der Waals surface area contributed by atoms with Gasteiger partial charge in [-0.3, -0.25) is 4.90 Å². The lowest BCUT2D eigenvalue weighted by Crippen LogP contribution is -2.42. The zero-order valence-corrected chi connectivity index (χ0v) is 10.3. The van der Waals surface area contributed by atoms with Gasteiger partial charge >= 0.3 is 0 Å². The average Bonchev–Trinajstić information content (AvgIpc) is 2.23. The lowest BCUT2D eigenvalue weighted by Gasteiger charge is -2.29. The Morgan fingerprint density at radius 3 is 2.56 bits per heavy atom. The minimum Gasteiger partial charge on any atom is -0.292 e. The van der Waals surface area contributed by atoms with Crippen LogP contribution in [0.15, 0.2) is 18.2 Å². The van der Waals surface area contributed by atoms with Crippen molar-refractivity contribution in [3.8, 4) is 6.07 Å². The number of hydrogen-bond acceptors (Lipinski definition) is 2. The first-order valence-electron chi connectivity index (χ1n) is 4.92. The summed E-state index contributed by atoms with van der Waals surface area (Å²) in [7, 11) is 3.58. The van der Waals surface area contributed by atoms with E-state index in [1.807, 2.05) is 0 Å². The average molecular weight is 241 g/mol. The molecule has 1 aromatic rings. The predicted octanol–water partition coefficient (Wildman–Crippen LogP) is 2.87. The maximum atomic E-state index is 13.6. The van der Waals surface area contributed by atoms with Crippen molar-refractivity contribution < 1.29 is 4.39 Å². The number of halogens is 2. The molecule has 0 N–H and O–H groups in total. The van der Waals surface area contributed by atoms with Crippen molar-refractivity contribution in [3.63, 3.8) is 0 Å². The Balaban J connectivity index is 3.10. The first kappa shape index (κ1) is 13.0. The van der Waals surface area contributed by atoms with Crippen molar-refractivity contribution >= 4 is 11.6 Å². The third kappa shape index (κ3) is 2.52. The van der Waals surface area contributed by atoms with Crippen molar-refractivity contribution in [3.05, 3.63) is 34.6 Å². The highest BCUT2D eigenvalue weighted by molar-refractivity contribution is 6.31. The topological polar surface area (TPSA) is 27.0 Å². The highest BCUT2D eigenvalue weighted by Gasteiger charge is 2.29. The molecule has 1 rings (SSSR count). The largest absolute Gasteiger partial charge is 0.292 e. The van der Waals surface area contributed by atoms with Crippen molar-refractivity contribution in [2.24, 2.45) is 0 Å². The van der Waals surface area contributed by atoms with Crippen LogP contribution in [0.4, 0.5) is 4.39 Å². The van der Waals surface area contributed by atoms with E-state index in [4.69, 9.17) is 16.9 Å². The Morgan fingerprint density at radius 1 is 1.50 bits per heavy atom. The van der Waals surface area contributed by atoms with E-state index >= 15 is 0 Å². The molecule has 0 bridgehead atoms. The predicted molar refractivity (Wildman–Crippen MR) is 62.8 cm³/mol. The second kappa shape index (κ2) is 4.82. The molecule has 0 aliphatic carbocycles. The van der Waals surface area contributed by atoms with Gasteiger partial charge < -0.3 is 0 Å². The minimum absolute atomic E-state index is 0.266. The Bertz CT molecular complexity index is 405. The Labute approximate surface area is 100 Å². The number of nitrogens with zero attached hydrogens (tertiary/aromatic N) is 2. The molecule has 0 radical (unpaired) electrons. The quantitative estimate of drug-likeness (QED) is 0.812. The zero-order chi connectivity index (χ0) is 12.3. The van der Waals surface area contributed by atoms with Crippen molar-refractivity contribution in [2.75, 3.05) is 14.1 Å². The van der Waals surface area contributed by atoms with Crippen LogP contribution in [-0.4, -0.2) is 24.5 Å². The molecule has 0 heterocycles. The highest BCUT2D eigenvalue weighted by Crippen LogP contribution is 2.25. The van der Waals surface area contributed by atoms with Gasteiger partial charge in [0.15, 0.2) is 0 Å².